The average Bonchev–Trinajstić information content (AvgIpc) is 3.72. The van der Waals surface area contributed by atoms with Crippen molar-refractivity contribution in [1.29, 1.82) is 0 Å². The van der Waals surface area contributed by atoms with E-state index in [1.165, 1.54) is 42.4 Å². The molecule has 11 rings (SSSR count). The molecule has 7 aromatic carbocycles. The maximum atomic E-state index is 6.65. The quantitative estimate of drug-likeness (QED) is 0.188. The smallest absolute Gasteiger partial charge is 0.164 e. The topological polar surface area (TPSA) is 47.9 Å². The second-order valence-electron chi connectivity index (χ2n) is 13.1. The van der Waals surface area contributed by atoms with Crippen LogP contribution in [0.15, 0.2) is 164 Å². The summed E-state index contributed by atoms with van der Waals surface area (Å²) < 4.78 is 9.23. The highest BCUT2D eigenvalue weighted by Gasteiger charge is 2.51. The average molecular weight is 670 g/mol. The summed E-state index contributed by atoms with van der Waals surface area (Å²) in [6, 6.07) is 57.6. The molecule has 0 amide bonds. The van der Waals surface area contributed by atoms with Crippen molar-refractivity contribution in [1.82, 2.24) is 15.0 Å². The lowest BCUT2D eigenvalue weighted by Gasteiger charge is -2.39. The number of thiophene rings is 1. The fraction of sp³-hybridized carbons (Fsp3) is 0.0217. The maximum Gasteiger partial charge on any atom is 0.164 e. The Hall–Kier alpha value is -6.43. The number of hydrogen-bond donors (Lipinski definition) is 0. The van der Waals surface area contributed by atoms with Crippen molar-refractivity contribution in [3.8, 4) is 56.8 Å². The van der Waals surface area contributed by atoms with Crippen LogP contribution in [0.1, 0.15) is 22.3 Å². The summed E-state index contributed by atoms with van der Waals surface area (Å²) in [4.78, 5) is 15.2. The number of ether oxygens (including phenoxy) is 1. The number of fused-ring (bicyclic) bond motifs is 13. The van der Waals surface area contributed by atoms with Crippen LogP contribution in [0.3, 0.4) is 0 Å². The Bertz CT molecular complexity index is 2740. The van der Waals surface area contributed by atoms with Crippen LogP contribution in [-0.2, 0) is 5.41 Å². The molecule has 1 aliphatic carbocycles. The summed E-state index contributed by atoms with van der Waals surface area (Å²) in [5.41, 5.74) is 9.42. The fourth-order valence-corrected chi connectivity index (χ4v) is 9.39. The van der Waals surface area contributed by atoms with Crippen LogP contribution < -0.4 is 4.74 Å². The normalized spacial score (nSPS) is 13.4. The molecule has 0 bridgehead atoms. The molecule has 0 saturated carbocycles. The van der Waals surface area contributed by atoms with Crippen molar-refractivity contribution in [3.05, 3.63) is 186 Å². The van der Waals surface area contributed by atoms with E-state index in [1.54, 1.807) is 0 Å². The molecule has 2 aliphatic rings. The van der Waals surface area contributed by atoms with Gasteiger partial charge in [0, 0.05) is 48.0 Å². The van der Waals surface area contributed by atoms with E-state index in [0.717, 1.165) is 39.3 Å². The molecule has 0 saturated heterocycles. The lowest BCUT2D eigenvalue weighted by Crippen LogP contribution is -2.32. The first-order valence-electron chi connectivity index (χ1n) is 17.1. The molecule has 9 aromatic rings. The zero-order chi connectivity index (χ0) is 33.5. The number of aromatic nitrogens is 3. The van der Waals surface area contributed by atoms with E-state index in [9.17, 15) is 0 Å². The summed E-state index contributed by atoms with van der Waals surface area (Å²) in [5.74, 6) is 3.66. The van der Waals surface area contributed by atoms with E-state index in [4.69, 9.17) is 19.7 Å². The van der Waals surface area contributed by atoms with Gasteiger partial charge < -0.3 is 4.74 Å². The first kappa shape index (κ1) is 28.4. The summed E-state index contributed by atoms with van der Waals surface area (Å²) in [6.45, 7) is 0. The number of para-hydroxylation sites is 2. The van der Waals surface area contributed by atoms with Gasteiger partial charge in [0.15, 0.2) is 17.5 Å². The Labute approximate surface area is 298 Å². The molecule has 0 radical (unpaired) electrons. The van der Waals surface area contributed by atoms with Gasteiger partial charge in [0.25, 0.3) is 0 Å². The molecule has 1 aliphatic heterocycles. The standard InChI is InChI=1S/C46H27N3OS/c1-3-13-28(14-4-1)43-47-44(29-15-5-2-6-16-29)49-45(48-43)30-23-24-31-36(27-30)46(33-18-8-10-20-37(33)50-38-21-11-9-19-34(38)46)35-25-26-40-42(41(31)35)32-17-7-12-22-39(32)51-40/h1-27H. The van der Waals surface area contributed by atoms with Gasteiger partial charge in [-0.2, -0.15) is 0 Å². The number of rotatable bonds is 3. The van der Waals surface area contributed by atoms with Crippen molar-refractivity contribution in [2.45, 2.75) is 5.41 Å². The van der Waals surface area contributed by atoms with E-state index < -0.39 is 5.41 Å². The molecule has 0 atom stereocenters. The Morgan fingerprint density at radius 3 is 1.67 bits per heavy atom. The highest BCUT2D eigenvalue weighted by Crippen LogP contribution is 2.64. The highest BCUT2D eigenvalue weighted by molar-refractivity contribution is 7.26. The molecule has 1 spiro atoms. The van der Waals surface area contributed by atoms with Gasteiger partial charge in [-0.15, -0.1) is 11.3 Å². The zero-order valence-electron chi connectivity index (χ0n) is 27.2. The second kappa shape index (κ2) is 10.8. The molecular formula is C46H27N3OS. The van der Waals surface area contributed by atoms with E-state index in [-0.39, 0.29) is 0 Å². The third-order valence-electron chi connectivity index (χ3n) is 10.4. The van der Waals surface area contributed by atoms with Gasteiger partial charge in [0.05, 0.1) is 5.41 Å². The molecule has 51 heavy (non-hydrogen) atoms. The largest absolute Gasteiger partial charge is 0.457 e. The third-order valence-corrected chi connectivity index (χ3v) is 11.5. The minimum absolute atomic E-state index is 0.624. The Kier molecular flexibility index (Phi) is 6.01. The highest BCUT2D eigenvalue weighted by atomic mass is 32.1. The minimum atomic E-state index is -0.624. The predicted octanol–water partition coefficient (Wildman–Crippen LogP) is 11.7. The van der Waals surface area contributed by atoms with Crippen LogP contribution >= 0.6 is 11.3 Å². The molecule has 2 aromatic heterocycles. The van der Waals surface area contributed by atoms with Crippen LogP contribution in [0.5, 0.6) is 11.5 Å². The number of nitrogens with zero attached hydrogens (tertiary/aromatic N) is 3. The molecule has 3 heterocycles. The van der Waals surface area contributed by atoms with E-state index >= 15 is 0 Å². The van der Waals surface area contributed by atoms with Gasteiger partial charge in [-0.3, -0.25) is 0 Å². The zero-order valence-corrected chi connectivity index (χ0v) is 28.1. The van der Waals surface area contributed by atoms with E-state index in [2.05, 4.69) is 127 Å². The molecule has 4 nitrogen and oxygen atoms in total. The van der Waals surface area contributed by atoms with Crippen LogP contribution in [-0.4, -0.2) is 15.0 Å². The Balaban J connectivity index is 1.25. The van der Waals surface area contributed by atoms with Crippen molar-refractivity contribution < 1.29 is 4.74 Å². The molecule has 0 unspecified atom stereocenters. The lowest BCUT2D eigenvalue weighted by atomic mass is 9.66. The third kappa shape index (κ3) is 4.04. The maximum absolute atomic E-state index is 6.65. The molecule has 5 heteroatoms. The van der Waals surface area contributed by atoms with Gasteiger partial charge in [-0.05, 0) is 52.6 Å². The first-order valence-corrected chi connectivity index (χ1v) is 17.9. The summed E-state index contributed by atoms with van der Waals surface area (Å²) >= 11 is 1.86. The van der Waals surface area contributed by atoms with Gasteiger partial charge in [0.2, 0.25) is 0 Å². The van der Waals surface area contributed by atoms with Crippen LogP contribution in [0, 0.1) is 0 Å². The summed E-state index contributed by atoms with van der Waals surface area (Å²) in [6.07, 6.45) is 0. The number of benzene rings is 7. The Morgan fingerprint density at radius 1 is 0.431 bits per heavy atom. The Morgan fingerprint density at radius 2 is 1.00 bits per heavy atom. The summed E-state index contributed by atoms with van der Waals surface area (Å²) in [7, 11) is 0. The second-order valence-corrected chi connectivity index (χ2v) is 14.2. The molecule has 0 N–H and O–H groups in total. The molecule has 0 fully saturated rings. The van der Waals surface area contributed by atoms with Gasteiger partial charge in [-0.25, -0.2) is 15.0 Å². The van der Waals surface area contributed by atoms with Gasteiger partial charge >= 0.3 is 0 Å². The van der Waals surface area contributed by atoms with E-state index in [1.807, 2.05) is 47.7 Å². The van der Waals surface area contributed by atoms with Crippen molar-refractivity contribution >= 4 is 31.5 Å². The fourth-order valence-electron chi connectivity index (χ4n) is 8.28. The number of hydrogen-bond acceptors (Lipinski definition) is 5. The molecule has 238 valence electrons. The minimum Gasteiger partial charge on any atom is -0.457 e. The van der Waals surface area contributed by atoms with Gasteiger partial charge in [0.1, 0.15) is 11.5 Å². The first-order chi connectivity index (χ1) is 25.3. The predicted molar refractivity (Wildman–Crippen MR) is 206 cm³/mol. The van der Waals surface area contributed by atoms with Crippen LogP contribution in [0.4, 0.5) is 0 Å². The van der Waals surface area contributed by atoms with Gasteiger partial charge in [-0.1, -0.05) is 133 Å². The SMILES string of the molecule is c1ccc(-c2nc(-c3ccccc3)nc(-c3ccc4c(c3)C3(c5ccccc5Oc5ccccc53)c3ccc5sc6ccccc6c5c3-4)n2)cc1. The van der Waals surface area contributed by atoms with Crippen molar-refractivity contribution in [2.24, 2.45) is 0 Å². The monoisotopic (exact) mass is 669 g/mol. The van der Waals surface area contributed by atoms with Crippen LogP contribution in [0.25, 0.3) is 65.5 Å². The summed E-state index contributed by atoms with van der Waals surface area (Å²) in [5, 5.41) is 2.59. The molecular weight excluding hydrogens is 643 g/mol. The van der Waals surface area contributed by atoms with Crippen molar-refractivity contribution in [3.63, 3.8) is 0 Å². The van der Waals surface area contributed by atoms with Crippen LogP contribution in [0.2, 0.25) is 0 Å². The lowest BCUT2D eigenvalue weighted by molar-refractivity contribution is 0.436. The van der Waals surface area contributed by atoms with E-state index in [0.29, 0.717) is 17.5 Å². The van der Waals surface area contributed by atoms with Crippen molar-refractivity contribution in [2.75, 3.05) is 0 Å².